The Bertz CT molecular complexity index is 496. The van der Waals surface area contributed by atoms with E-state index in [-0.39, 0.29) is 0 Å². The van der Waals surface area contributed by atoms with Gasteiger partial charge < -0.3 is 11.1 Å². The van der Waals surface area contributed by atoms with Crippen molar-refractivity contribution in [2.75, 3.05) is 11.1 Å². The van der Waals surface area contributed by atoms with Gasteiger partial charge >= 0.3 is 0 Å². The largest absolute Gasteiger partial charge is 0.383 e. The zero-order valence-electron chi connectivity index (χ0n) is 8.83. The van der Waals surface area contributed by atoms with E-state index in [1.807, 2.05) is 31.2 Å². The molecule has 3 N–H and O–H groups in total. The monoisotopic (exact) mass is 253 g/mol. The molecule has 1 heterocycles. The first-order valence-corrected chi connectivity index (χ1v) is 6.02. The highest BCUT2D eigenvalue weighted by Crippen LogP contribution is 2.26. The summed E-state index contributed by atoms with van der Waals surface area (Å²) in [5.41, 5.74) is 7.74. The Kier molecular flexibility index (Phi) is 3.31. The first-order chi connectivity index (χ1) is 7.68. The third-order valence-electron chi connectivity index (χ3n) is 2.36. The number of hydrogen-bond donors (Lipinski definition) is 2. The molecule has 2 rings (SSSR count). The van der Waals surface area contributed by atoms with Crippen molar-refractivity contribution in [3.05, 3.63) is 40.4 Å². The minimum atomic E-state index is 0.589. The van der Waals surface area contributed by atoms with Crippen LogP contribution in [-0.4, -0.2) is 4.37 Å². The summed E-state index contributed by atoms with van der Waals surface area (Å²) in [7, 11) is 0. The Morgan fingerprint density at radius 1 is 1.44 bits per heavy atom. The van der Waals surface area contributed by atoms with Crippen LogP contribution in [0.2, 0.25) is 5.02 Å². The van der Waals surface area contributed by atoms with Crippen LogP contribution in [0.1, 0.15) is 11.1 Å². The molecule has 0 aliphatic rings. The quantitative estimate of drug-likeness (QED) is 0.883. The second-order valence-electron chi connectivity index (χ2n) is 3.47. The van der Waals surface area contributed by atoms with E-state index in [4.69, 9.17) is 17.3 Å². The van der Waals surface area contributed by atoms with Gasteiger partial charge in [-0.3, -0.25) is 0 Å². The number of hydrogen-bond acceptors (Lipinski definition) is 4. The predicted octanol–water partition coefficient (Wildman–Crippen LogP) is 3.30. The van der Waals surface area contributed by atoms with E-state index in [1.54, 1.807) is 0 Å². The molecule has 5 heteroatoms. The number of nitrogen functional groups attached to an aromatic ring is 1. The van der Waals surface area contributed by atoms with Crippen molar-refractivity contribution in [1.82, 2.24) is 4.37 Å². The average Bonchev–Trinajstić information content (AvgIpc) is 2.59. The molecule has 84 valence electrons. The molecule has 1 aromatic carbocycles. The maximum Gasteiger partial charge on any atom is 0.142 e. The second kappa shape index (κ2) is 4.72. The van der Waals surface area contributed by atoms with Gasteiger partial charge in [0.2, 0.25) is 0 Å². The van der Waals surface area contributed by atoms with Crippen LogP contribution in [0.4, 0.5) is 10.8 Å². The normalized spacial score (nSPS) is 10.4. The standard InChI is InChI=1S/C11H12ClN3S/c1-7-10(13)15-16-11(7)14-6-8-4-2-3-5-9(8)12/h2-5,14H,6H2,1H3,(H2,13,15). The van der Waals surface area contributed by atoms with Crippen molar-refractivity contribution < 1.29 is 0 Å². The van der Waals surface area contributed by atoms with Gasteiger partial charge in [-0.25, -0.2) is 0 Å². The molecule has 0 fully saturated rings. The lowest BCUT2D eigenvalue weighted by Gasteiger charge is -2.06. The minimum Gasteiger partial charge on any atom is -0.383 e. The van der Waals surface area contributed by atoms with Crippen LogP contribution in [-0.2, 0) is 6.54 Å². The van der Waals surface area contributed by atoms with Crippen LogP contribution < -0.4 is 11.1 Å². The Balaban J connectivity index is 2.08. The van der Waals surface area contributed by atoms with Crippen molar-refractivity contribution in [2.24, 2.45) is 0 Å². The SMILES string of the molecule is Cc1c(N)nsc1NCc1ccccc1Cl. The van der Waals surface area contributed by atoms with Gasteiger partial charge in [-0.05, 0) is 30.1 Å². The molecule has 16 heavy (non-hydrogen) atoms. The second-order valence-corrected chi connectivity index (χ2v) is 4.65. The van der Waals surface area contributed by atoms with Gasteiger partial charge in [0.1, 0.15) is 10.8 Å². The molecule has 0 unspecified atom stereocenters. The number of anilines is 2. The average molecular weight is 254 g/mol. The van der Waals surface area contributed by atoms with Gasteiger partial charge in [-0.2, -0.15) is 4.37 Å². The van der Waals surface area contributed by atoms with E-state index < -0.39 is 0 Å². The fourth-order valence-corrected chi connectivity index (χ4v) is 2.24. The van der Waals surface area contributed by atoms with Crippen LogP contribution in [0.5, 0.6) is 0 Å². The lowest BCUT2D eigenvalue weighted by atomic mass is 10.2. The van der Waals surface area contributed by atoms with Gasteiger partial charge in [-0.15, -0.1) is 0 Å². The van der Waals surface area contributed by atoms with Crippen molar-refractivity contribution in [3.8, 4) is 0 Å². The summed E-state index contributed by atoms with van der Waals surface area (Å²) in [4.78, 5) is 0. The summed E-state index contributed by atoms with van der Waals surface area (Å²) in [5.74, 6) is 0.589. The van der Waals surface area contributed by atoms with Crippen molar-refractivity contribution >= 4 is 34.0 Å². The van der Waals surface area contributed by atoms with Gasteiger partial charge in [0.05, 0.1) is 0 Å². The fraction of sp³-hybridized carbons (Fsp3) is 0.182. The maximum absolute atomic E-state index is 6.06. The molecule has 0 amide bonds. The molecule has 0 saturated carbocycles. The molecular formula is C11H12ClN3S. The van der Waals surface area contributed by atoms with Gasteiger partial charge in [0, 0.05) is 17.1 Å². The maximum atomic E-state index is 6.06. The highest BCUT2D eigenvalue weighted by molar-refractivity contribution is 7.10. The summed E-state index contributed by atoms with van der Waals surface area (Å²) >= 11 is 7.43. The molecule has 1 aromatic heterocycles. The molecule has 0 aliphatic heterocycles. The third-order valence-corrected chi connectivity index (χ3v) is 3.65. The molecule has 0 spiro atoms. The minimum absolute atomic E-state index is 0.589. The number of halogens is 1. The van der Waals surface area contributed by atoms with Gasteiger partial charge in [0.25, 0.3) is 0 Å². The summed E-state index contributed by atoms with van der Waals surface area (Å²) in [5, 5.41) is 5.05. The van der Waals surface area contributed by atoms with Crippen molar-refractivity contribution in [2.45, 2.75) is 13.5 Å². The highest BCUT2D eigenvalue weighted by atomic mass is 35.5. The molecule has 0 atom stereocenters. The van der Waals surface area contributed by atoms with E-state index in [0.717, 1.165) is 21.2 Å². The highest BCUT2D eigenvalue weighted by Gasteiger charge is 2.06. The number of nitrogens with one attached hydrogen (secondary N) is 1. The summed E-state index contributed by atoms with van der Waals surface area (Å²) in [6.07, 6.45) is 0. The Morgan fingerprint density at radius 2 is 2.19 bits per heavy atom. The molecule has 0 bridgehead atoms. The molecule has 0 aliphatic carbocycles. The molecular weight excluding hydrogens is 242 g/mol. The number of benzene rings is 1. The van der Waals surface area contributed by atoms with Crippen molar-refractivity contribution in [1.29, 1.82) is 0 Å². The predicted molar refractivity (Wildman–Crippen MR) is 70.0 cm³/mol. The number of nitrogens with zero attached hydrogens (tertiary/aromatic N) is 1. The Morgan fingerprint density at radius 3 is 2.81 bits per heavy atom. The zero-order chi connectivity index (χ0) is 11.5. The zero-order valence-corrected chi connectivity index (χ0v) is 10.4. The third kappa shape index (κ3) is 2.28. The van der Waals surface area contributed by atoms with Crippen LogP contribution in [0, 0.1) is 6.92 Å². The number of nitrogens with two attached hydrogens (primary N) is 1. The van der Waals surface area contributed by atoms with Crippen LogP contribution in [0.25, 0.3) is 0 Å². The summed E-state index contributed by atoms with van der Waals surface area (Å²) in [6.45, 7) is 2.63. The smallest absolute Gasteiger partial charge is 0.142 e. The lowest BCUT2D eigenvalue weighted by Crippen LogP contribution is -1.99. The van der Waals surface area contributed by atoms with Crippen LogP contribution in [0.15, 0.2) is 24.3 Å². The fourth-order valence-electron chi connectivity index (χ4n) is 1.33. The van der Waals surface area contributed by atoms with E-state index in [2.05, 4.69) is 9.69 Å². The van der Waals surface area contributed by atoms with Crippen LogP contribution >= 0.6 is 23.1 Å². The Labute approximate surface area is 103 Å². The molecule has 0 saturated heterocycles. The summed E-state index contributed by atoms with van der Waals surface area (Å²) < 4.78 is 4.07. The van der Waals surface area contributed by atoms with E-state index in [9.17, 15) is 0 Å². The molecule has 2 aromatic rings. The lowest BCUT2D eigenvalue weighted by molar-refractivity contribution is 1.15. The molecule has 3 nitrogen and oxygen atoms in total. The molecule has 0 radical (unpaired) electrons. The van der Waals surface area contributed by atoms with E-state index in [0.29, 0.717) is 12.4 Å². The summed E-state index contributed by atoms with van der Waals surface area (Å²) in [6, 6.07) is 7.76. The van der Waals surface area contributed by atoms with Gasteiger partial charge in [0.15, 0.2) is 0 Å². The number of rotatable bonds is 3. The number of aromatic nitrogens is 1. The van der Waals surface area contributed by atoms with Gasteiger partial charge in [-0.1, -0.05) is 29.8 Å². The van der Waals surface area contributed by atoms with E-state index >= 15 is 0 Å². The van der Waals surface area contributed by atoms with Crippen LogP contribution in [0.3, 0.4) is 0 Å². The first-order valence-electron chi connectivity index (χ1n) is 4.87. The topological polar surface area (TPSA) is 50.9 Å². The van der Waals surface area contributed by atoms with Crippen molar-refractivity contribution in [3.63, 3.8) is 0 Å². The Hall–Kier alpha value is -1.26. The first kappa shape index (κ1) is 11.2. The van der Waals surface area contributed by atoms with E-state index in [1.165, 1.54) is 11.5 Å².